The Hall–Kier alpha value is -1.22. The van der Waals surface area contributed by atoms with Gasteiger partial charge in [0, 0.05) is 21.7 Å². The van der Waals surface area contributed by atoms with Crippen molar-refractivity contribution in [3.8, 4) is 5.75 Å². The van der Waals surface area contributed by atoms with Crippen LogP contribution in [0.1, 0.15) is 30.5 Å². The standard InChI is InChI=1S/C16H17Cl2NO/c1-2-16(19)11-4-7-14(8-5-11)20-10-12-3-6-13(17)9-15(12)18/h3-9,16H,2,10,19H2,1H3/t16-/m0/s1. The lowest BCUT2D eigenvalue weighted by Gasteiger charge is -2.11. The monoisotopic (exact) mass is 309 g/mol. The molecule has 0 bridgehead atoms. The van der Waals surface area contributed by atoms with Crippen LogP contribution in [0.4, 0.5) is 0 Å². The van der Waals surface area contributed by atoms with E-state index in [9.17, 15) is 0 Å². The summed E-state index contributed by atoms with van der Waals surface area (Å²) in [4.78, 5) is 0. The summed E-state index contributed by atoms with van der Waals surface area (Å²) in [6, 6.07) is 13.3. The molecule has 0 saturated heterocycles. The molecule has 2 rings (SSSR count). The SMILES string of the molecule is CC[C@H](N)c1ccc(OCc2ccc(Cl)cc2Cl)cc1. The summed E-state index contributed by atoms with van der Waals surface area (Å²) in [7, 11) is 0. The first kappa shape index (κ1) is 15.2. The zero-order chi connectivity index (χ0) is 14.5. The zero-order valence-corrected chi connectivity index (χ0v) is 12.8. The maximum atomic E-state index is 6.10. The Bertz CT molecular complexity index is 569. The molecule has 0 aliphatic carbocycles. The van der Waals surface area contributed by atoms with E-state index in [1.54, 1.807) is 12.1 Å². The molecule has 0 aliphatic rings. The zero-order valence-electron chi connectivity index (χ0n) is 11.3. The second kappa shape index (κ2) is 6.98. The molecule has 0 spiro atoms. The van der Waals surface area contributed by atoms with E-state index in [1.165, 1.54) is 0 Å². The summed E-state index contributed by atoms with van der Waals surface area (Å²) in [6.45, 7) is 2.48. The molecule has 0 fully saturated rings. The first-order valence-corrected chi connectivity index (χ1v) is 7.28. The molecule has 0 saturated carbocycles. The number of hydrogen-bond acceptors (Lipinski definition) is 2. The van der Waals surface area contributed by atoms with Gasteiger partial charge in [0.15, 0.2) is 0 Å². The Kier molecular flexibility index (Phi) is 5.30. The Morgan fingerprint density at radius 2 is 1.80 bits per heavy atom. The van der Waals surface area contributed by atoms with Gasteiger partial charge in [-0.1, -0.05) is 48.3 Å². The summed E-state index contributed by atoms with van der Waals surface area (Å²) in [5, 5.41) is 1.23. The Labute approximate surface area is 129 Å². The number of hydrogen-bond donors (Lipinski definition) is 1. The van der Waals surface area contributed by atoms with Gasteiger partial charge in [0.05, 0.1) is 0 Å². The van der Waals surface area contributed by atoms with E-state index >= 15 is 0 Å². The number of rotatable bonds is 5. The minimum atomic E-state index is 0.0785. The molecule has 0 aromatic heterocycles. The topological polar surface area (TPSA) is 35.2 Å². The third kappa shape index (κ3) is 3.89. The molecular weight excluding hydrogens is 293 g/mol. The average Bonchev–Trinajstić information content (AvgIpc) is 2.46. The largest absolute Gasteiger partial charge is 0.489 e. The maximum Gasteiger partial charge on any atom is 0.119 e. The lowest BCUT2D eigenvalue weighted by atomic mass is 10.1. The second-order valence-electron chi connectivity index (χ2n) is 4.61. The lowest BCUT2D eigenvalue weighted by Crippen LogP contribution is -2.08. The van der Waals surface area contributed by atoms with Crippen LogP contribution in [0, 0.1) is 0 Å². The highest BCUT2D eigenvalue weighted by Gasteiger charge is 2.05. The van der Waals surface area contributed by atoms with Crippen molar-refractivity contribution in [1.82, 2.24) is 0 Å². The van der Waals surface area contributed by atoms with E-state index in [4.69, 9.17) is 33.7 Å². The first-order chi connectivity index (χ1) is 9.60. The van der Waals surface area contributed by atoms with Crippen molar-refractivity contribution in [2.24, 2.45) is 5.73 Å². The van der Waals surface area contributed by atoms with Gasteiger partial charge >= 0.3 is 0 Å². The van der Waals surface area contributed by atoms with Crippen LogP contribution in [0.25, 0.3) is 0 Å². The fourth-order valence-electron chi connectivity index (χ4n) is 1.85. The fourth-order valence-corrected chi connectivity index (χ4v) is 2.31. The van der Waals surface area contributed by atoms with Gasteiger partial charge in [-0.25, -0.2) is 0 Å². The van der Waals surface area contributed by atoms with Crippen LogP contribution in [-0.4, -0.2) is 0 Å². The summed E-state index contributed by atoms with van der Waals surface area (Å²) >= 11 is 12.0. The Balaban J connectivity index is 2.00. The first-order valence-electron chi connectivity index (χ1n) is 6.52. The number of ether oxygens (including phenoxy) is 1. The molecule has 0 heterocycles. The smallest absolute Gasteiger partial charge is 0.119 e. The molecule has 2 aromatic rings. The fraction of sp³-hybridized carbons (Fsp3) is 0.250. The Morgan fingerprint density at radius 1 is 1.10 bits per heavy atom. The van der Waals surface area contributed by atoms with E-state index in [-0.39, 0.29) is 6.04 Å². The highest BCUT2D eigenvalue weighted by Crippen LogP contribution is 2.23. The van der Waals surface area contributed by atoms with E-state index in [0.717, 1.165) is 23.3 Å². The Morgan fingerprint density at radius 3 is 2.40 bits per heavy atom. The molecule has 2 N–H and O–H groups in total. The molecule has 0 unspecified atom stereocenters. The maximum absolute atomic E-state index is 6.10. The van der Waals surface area contributed by atoms with Crippen LogP contribution in [0.2, 0.25) is 10.0 Å². The van der Waals surface area contributed by atoms with E-state index in [1.807, 2.05) is 30.3 Å². The van der Waals surface area contributed by atoms with Crippen molar-refractivity contribution in [2.45, 2.75) is 26.0 Å². The van der Waals surface area contributed by atoms with Gasteiger partial charge in [0.2, 0.25) is 0 Å². The molecule has 0 amide bonds. The van der Waals surface area contributed by atoms with Crippen LogP contribution < -0.4 is 10.5 Å². The van der Waals surface area contributed by atoms with Gasteiger partial charge in [0.1, 0.15) is 12.4 Å². The number of halogens is 2. The van der Waals surface area contributed by atoms with E-state index in [0.29, 0.717) is 16.7 Å². The van der Waals surface area contributed by atoms with Crippen molar-refractivity contribution in [2.75, 3.05) is 0 Å². The second-order valence-corrected chi connectivity index (χ2v) is 5.45. The summed E-state index contributed by atoms with van der Waals surface area (Å²) in [5.74, 6) is 0.795. The van der Waals surface area contributed by atoms with Crippen LogP contribution in [-0.2, 0) is 6.61 Å². The van der Waals surface area contributed by atoms with Crippen molar-refractivity contribution in [1.29, 1.82) is 0 Å². The predicted molar refractivity (Wildman–Crippen MR) is 84.5 cm³/mol. The van der Waals surface area contributed by atoms with Gasteiger partial charge in [-0.3, -0.25) is 0 Å². The summed E-state index contributed by atoms with van der Waals surface area (Å²) in [5.41, 5.74) is 8.00. The third-order valence-corrected chi connectivity index (χ3v) is 3.74. The molecular formula is C16H17Cl2NO. The summed E-state index contributed by atoms with van der Waals surface area (Å²) in [6.07, 6.45) is 0.917. The van der Waals surface area contributed by atoms with Gasteiger partial charge < -0.3 is 10.5 Å². The van der Waals surface area contributed by atoms with Gasteiger partial charge in [-0.05, 0) is 36.2 Å². The van der Waals surface area contributed by atoms with Crippen molar-refractivity contribution in [3.63, 3.8) is 0 Å². The van der Waals surface area contributed by atoms with Crippen molar-refractivity contribution >= 4 is 23.2 Å². The molecule has 0 aliphatic heterocycles. The number of nitrogens with two attached hydrogens (primary N) is 1. The highest BCUT2D eigenvalue weighted by atomic mass is 35.5. The lowest BCUT2D eigenvalue weighted by molar-refractivity contribution is 0.306. The van der Waals surface area contributed by atoms with E-state index < -0.39 is 0 Å². The van der Waals surface area contributed by atoms with Crippen LogP contribution in [0.5, 0.6) is 5.75 Å². The van der Waals surface area contributed by atoms with Crippen LogP contribution >= 0.6 is 23.2 Å². The molecule has 106 valence electrons. The van der Waals surface area contributed by atoms with E-state index in [2.05, 4.69) is 6.92 Å². The van der Waals surface area contributed by atoms with Crippen LogP contribution in [0.3, 0.4) is 0 Å². The highest BCUT2D eigenvalue weighted by molar-refractivity contribution is 6.35. The normalized spacial score (nSPS) is 12.2. The van der Waals surface area contributed by atoms with Crippen molar-refractivity contribution < 1.29 is 4.74 Å². The van der Waals surface area contributed by atoms with Gasteiger partial charge in [0.25, 0.3) is 0 Å². The van der Waals surface area contributed by atoms with Gasteiger partial charge in [-0.2, -0.15) is 0 Å². The third-order valence-electron chi connectivity index (χ3n) is 3.16. The minimum absolute atomic E-state index is 0.0785. The minimum Gasteiger partial charge on any atom is -0.489 e. The van der Waals surface area contributed by atoms with Gasteiger partial charge in [-0.15, -0.1) is 0 Å². The molecule has 4 heteroatoms. The molecule has 2 aromatic carbocycles. The van der Waals surface area contributed by atoms with Crippen molar-refractivity contribution in [3.05, 3.63) is 63.6 Å². The predicted octanol–water partition coefficient (Wildman–Crippen LogP) is 4.98. The molecule has 1 atom stereocenters. The quantitative estimate of drug-likeness (QED) is 0.845. The molecule has 2 nitrogen and oxygen atoms in total. The molecule has 20 heavy (non-hydrogen) atoms. The molecule has 0 radical (unpaired) electrons. The average molecular weight is 310 g/mol. The number of benzene rings is 2. The van der Waals surface area contributed by atoms with Crippen LogP contribution in [0.15, 0.2) is 42.5 Å². The summed E-state index contributed by atoms with van der Waals surface area (Å²) < 4.78 is 5.71.